The van der Waals surface area contributed by atoms with Gasteiger partial charge in [0, 0.05) is 25.4 Å². The van der Waals surface area contributed by atoms with Gasteiger partial charge >= 0.3 is 0 Å². The molecule has 2 fully saturated rings. The summed E-state index contributed by atoms with van der Waals surface area (Å²) >= 11 is 0. The number of ether oxygens (including phenoxy) is 1. The lowest BCUT2D eigenvalue weighted by atomic mass is 10.1. The van der Waals surface area contributed by atoms with Gasteiger partial charge in [-0.3, -0.25) is 9.78 Å². The molecule has 4 heterocycles. The van der Waals surface area contributed by atoms with E-state index in [0.717, 1.165) is 18.7 Å². The Morgan fingerprint density at radius 1 is 1.10 bits per heavy atom. The Balaban J connectivity index is 1.28. The molecule has 166 valence electrons. The van der Waals surface area contributed by atoms with Crippen molar-refractivity contribution in [3.8, 4) is 0 Å². The first-order valence-corrected chi connectivity index (χ1v) is 11.4. The molecule has 1 N–H and O–H groups in total. The molecular formula is C23H32N6O2. The Labute approximate surface area is 184 Å². The highest BCUT2D eigenvalue weighted by Gasteiger charge is 2.26. The largest absolute Gasteiger partial charge is 0.368 e. The van der Waals surface area contributed by atoms with Crippen molar-refractivity contribution < 1.29 is 9.53 Å². The fourth-order valence-electron chi connectivity index (χ4n) is 4.22. The molecule has 0 bridgehead atoms. The van der Waals surface area contributed by atoms with E-state index in [-0.39, 0.29) is 12.0 Å². The number of aromatic nitrogens is 3. The maximum Gasteiger partial charge on any atom is 0.222 e. The molecule has 31 heavy (non-hydrogen) atoms. The van der Waals surface area contributed by atoms with Crippen LogP contribution in [0.15, 0.2) is 36.8 Å². The van der Waals surface area contributed by atoms with Crippen LogP contribution in [-0.2, 0) is 9.53 Å². The van der Waals surface area contributed by atoms with Crippen molar-refractivity contribution in [3.05, 3.63) is 42.5 Å². The summed E-state index contributed by atoms with van der Waals surface area (Å²) < 4.78 is 5.94. The van der Waals surface area contributed by atoms with Crippen molar-refractivity contribution in [2.45, 2.75) is 44.6 Å². The maximum absolute atomic E-state index is 12.8. The van der Waals surface area contributed by atoms with Gasteiger partial charge in [0.05, 0.1) is 25.0 Å². The molecule has 2 aliphatic heterocycles. The summed E-state index contributed by atoms with van der Waals surface area (Å²) in [5, 5.41) is 3.16. The number of nitrogens with one attached hydrogen (secondary N) is 1. The number of hydrogen-bond acceptors (Lipinski definition) is 7. The van der Waals surface area contributed by atoms with E-state index in [4.69, 9.17) is 4.74 Å². The molecule has 8 nitrogen and oxygen atoms in total. The zero-order valence-corrected chi connectivity index (χ0v) is 18.1. The SMILES string of the molecule is O=C(CCCN1CCCCCC1)N1CCOC(c2cccc(Nc3cnccn3)n2)C1. The first-order chi connectivity index (χ1) is 15.3. The molecule has 2 saturated heterocycles. The standard InChI is InChI=1S/C23H32N6O2/c30-23(9-6-14-28-12-3-1-2-4-13-28)29-15-16-31-20(18-29)19-7-5-8-21(26-19)27-22-17-24-10-11-25-22/h5,7-8,10-11,17,20H,1-4,6,9,12-16,18H2,(H,25,26,27). The molecule has 8 heteroatoms. The molecule has 0 radical (unpaired) electrons. The van der Waals surface area contributed by atoms with E-state index in [1.54, 1.807) is 18.6 Å². The fraction of sp³-hybridized carbons (Fsp3) is 0.565. The average molecular weight is 425 g/mol. The summed E-state index contributed by atoms with van der Waals surface area (Å²) in [5.74, 6) is 1.54. The van der Waals surface area contributed by atoms with Crippen LogP contribution in [0.2, 0.25) is 0 Å². The van der Waals surface area contributed by atoms with E-state index in [0.29, 0.717) is 37.8 Å². The first-order valence-electron chi connectivity index (χ1n) is 11.4. The minimum atomic E-state index is -0.216. The van der Waals surface area contributed by atoms with Crippen molar-refractivity contribution in [3.63, 3.8) is 0 Å². The van der Waals surface area contributed by atoms with E-state index in [2.05, 4.69) is 25.2 Å². The number of nitrogens with zero attached hydrogens (tertiary/aromatic N) is 5. The molecular weight excluding hydrogens is 392 g/mol. The molecule has 4 rings (SSSR count). The Kier molecular flexibility index (Phi) is 7.79. The minimum Gasteiger partial charge on any atom is -0.368 e. The third-order valence-corrected chi connectivity index (χ3v) is 5.90. The van der Waals surface area contributed by atoms with Crippen molar-refractivity contribution in [1.29, 1.82) is 0 Å². The number of hydrogen-bond donors (Lipinski definition) is 1. The Morgan fingerprint density at radius 2 is 1.97 bits per heavy atom. The van der Waals surface area contributed by atoms with E-state index in [9.17, 15) is 4.79 Å². The van der Waals surface area contributed by atoms with Crippen LogP contribution < -0.4 is 5.32 Å². The van der Waals surface area contributed by atoms with Gasteiger partial charge in [0.15, 0.2) is 0 Å². The van der Waals surface area contributed by atoms with Crippen molar-refractivity contribution in [2.75, 3.05) is 44.6 Å². The molecule has 0 aromatic carbocycles. The van der Waals surface area contributed by atoms with Gasteiger partial charge in [-0.1, -0.05) is 18.9 Å². The highest BCUT2D eigenvalue weighted by atomic mass is 16.5. The van der Waals surface area contributed by atoms with Crippen LogP contribution in [0.4, 0.5) is 11.6 Å². The Hall–Kier alpha value is -2.58. The Bertz CT molecular complexity index is 826. The monoisotopic (exact) mass is 424 g/mol. The topological polar surface area (TPSA) is 83.5 Å². The smallest absolute Gasteiger partial charge is 0.222 e. The number of carbonyl (C=O) groups is 1. The molecule has 1 atom stereocenters. The molecule has 0 saturated carbocycles. The van der Waals surface area contributed by atoms with Gasteiger partial charge in [0.2, 0.25) is 5.91 Å². The highest BCUT2D eigenvalue weighted by Crippen LogP contribution is 2.23. The molecule has 2 aromatic rings. The van der Waals surface area contributed by atoms with Gasteiger partial charge in [0.1, 0.15) is 17.7 Å². The van der Waals surface area contributed by atoms with Gasteiger partial charge in [-0.05, 0) is 51.0 Å². The summed E-state index contributed by atoms with van der Waals surface area (Å²) in [4.78, 5) is 30.2. The zero-order chi connectivity index (χ0) is 21.3. The number of likely N-dealkylation sites (tertiary alicyclic amines) is 1. The quantitative estimate of drug-likeness (QED) is 0.731. The zero-order valence-electron chi connectivity index (χ0n) is 18.1. The maximum atomic E-state index is 12.8. The third kappa shape index (κ3) is 6.45. The predicted octanol–water partition coefficient (Wildman–Crippen LogP) is 3.17. The summed E-state index contributed by atoms with van der Waals surface area (Å²) in [6.07, 6.45) is 11.5. The van der Waals surface area contributed by atoms with Crippen LogP contribution in [0.3, 0.4) is 0 Å². The number of anilines is 2. The van der Waals surface area contributed by atoms with Crippen molar-refractivity contribution in [1.82, 2.24) is 24.8 Å². The fourth-order valence-corrected chi connectivity index (χ4v) is 4.22. The van der Waals surface area contributed by atoms with E-state index in [1.165, 1.54) is 38.8 Å². The number of amides is 1. The molecule has 1 unspecified atom stereocenters. The second-order valence-electron chi connectivity index (χ2n) is 8.22. The second kappa shape index (κ2) is 11.2. The molecule has 2 aromatic heterocycles. The van der Waals surface area contributed by atoms with E-state index in [1.807, 2.05) is 23.1 Å². The van der Waals surface area contributed by atoms with Gasteiger partial charge in [-0.2, -0.15) is 0 Å². The predicted molar refractivity (Wildman–Crippen MR) is 119 cm³/mol. The third-order valence-electron chi connectivity index (χ3n) is 5.90. The van der Waals surface area contributed by atoms with Gasteiger partial charge in [-0.15, -0.1) is 0 Å². The molecule has 0 aliphatic carbocycles. The lowest BCUT2D eigenvalue weighted by Crippen LogP contribution is -2.42. The number of rotatable bonds is 7. The minimum absolute atomic E-state index is 0.216. The van der Waals surface area contributed by atoms with Crippen molar-refractivity contribution >= 4 is 17.5 Å². The Morgan fingerprint density at radius 3 is 2.77 bits per heavy atom. The first kappa shape index (κ1) is 21.6. The van der Waals surface area contributed by atoms with Crippen LogP contribution in [0.5, 0.6) is 0 Å². The summed E-state index contributed by atoms with van der Waals surface area (Å²) in [5.41, 5.74) is 0.816. The average Bonchev–Trinajstić information content (AvgIpc) is 3.09. The number of carbonyl (C=O) groups excluding carboxylic acids is 1. The lowest BCUT2D eigenvalue weighted by molar-refractivity contribution is -0.139. The summed E-state index contributed by atoms with van der Waals surface area (Å²) in [6, 6.07) is 5.76. The van der Waals surface area contributed by atoms with Gasteiger partial charge < -0.3 is 19.9 Å². The van der Waals surface area contributed by atoms with Crippen molar-refractivity contribution in [2.24, 2.45) is 0 Å². The lowest BCUT2D eigenvalue weighted by Gasteiger charge is -2.33. The van der Waals surface area contributed by atoms with E-state index < -0.39 is 0 Å². The summed E-state index contributed by atoms with van der Waals surface area (Å²) in [7, 11) is 0. The van der Waals surface area contributed by atoms with Crippen LogP contribution in [0.1, 0.15) is 50.3 Å². The van der Waals surface area contributed by atoms with Crippen LogP contribution in [0.25, 0.3) is 0 Å². The second-order valence-corrected chi connectivity index (χ2v) is 8.22. The molecule has 1 amide bonds. The molecule has 2 aliphatic rings. The highest BCUT2D eigenvalue weighted by molar-refractivity contribution is 5.76. The number of morpholine rings is 1. The van der Waals surface area contributed by atoms with Gasteiger partial charge in [-0.25, -0.2) is 9.97 Å². The van der Waals surface area contributed by atoms with Crippen LogP contribution in [-0.4, -0.2) is 70.0 Å². The van der Waals surface area contributed by atoms with E-state index >= 15 is 0 Å². The van der Waals surface area contributed by atoms with Crippen LogP contribution in [0, 0.1) is 0 Å². The van der Waals surface area contributed by atoms with Gasteiger partial charge in [0.25, 0.3) is 0 Å². The summed E-state index contributed by atoms with van der Waals surface area (Å²) in [6.45, 7) is 5.11. The number of pyridine rings is 1. The molecule has 0 spiro atoms. The van der Waals surface area contributed by atoms with Crippen LogP contribution >= 0.6 is 0 Å². The normalized spacial score (nSPS) is 20.3.